The minimum atomic E-state index is -0.0477. The van der Waals surface area contributed by atoms with E-state index in [0.29, 0.717) is 28.7 Å². The van der Waals surface area contributed by atoms with Crippen LogP contribution in [0.4, 0.5) is 5.69 Å². The Morgan fingerprint density at radius 3 is 2.56 bits per heavy atom. The van der Waals surface area contributed by atoms with Gasteiger partial charge in [-0.3, -0.25) is 14.6 Å². The van der Waals surface area contributed by atoms with E-state index >= 15 is 0 Å². The van der Waals surface area contributed by atoms with Crippen molar-refractivity contribution in [1.82, 2.24) is 24.1 Å². The van der Waals surface area contributed by atoms with Crippen molar-refractivity contribution in [2.75, 3.05) is 38.0 Å². The maximum atomic E-state index is 12.2. The zero-order chi connectivity index (χ0) is 17.8. The number of nitrogens with one attached hydrogen (secondary N) is 1. The van der Waals surface area contributed by atoms with E-state index < -0.39 is 0 Å². The molecule has 1 aliphatic rings. The molecule has 0 spiro atoms. The molecule has 3 rings (SSSR count). The molecule has 1 amide bonds. The summed E-state index contributed by atoms with van der Waals surface area (Å²) in [6.07, 6.45) is 1.72. The van der Waals surface area contributed by atoms with Crippen molar-refractivity contribution in [2.24, 2.45) is 7.05 Å². The number of carbonyl (C=O) groups is 1. The van der Waals surface area contributed by atoms with Gasteiger partial charge < -0.3 is 9.88 Å². The molecule has 25 heavy (non-hydrogen) atoms. The Morgan fingerprint density at radius 1 is 1.24 bits per heavy atom. The zero-order valence-electron chi connectivity index (χ0n) is 14.1. The SMILES string of the molecule is Cn1cnn(CN2CCN(CC(=O)Nc3ccccc3Cl)CC2)c1=S. The summed E-state index contributed by atoms with van der Waals surface area (Å²) >= 11 is 11.4. The lowest BCUT2D eigenvalue weighted by molar-refractivity contribution is -0.117. The monoisotopic (exact) mass is 380 g/mol. The van der Waals surface area contributed by atoms with Crippen molar-refractivity contribution in [1.29, 1.82) is 0 Å². The van der Waals surface area contributed by atoms with Gasteiger partial charge in [-0.25, -0.2) is 4.68 Å². The van der Waals surface area contributed by atoms with Crippen molar-refractivity contribution in [3.8, 4) is 0 Å². The van der Waals surface area contributed by atoms with Gasteiger partial charge in [-0.15, -0.1) is 0 Å². The summed E-state index contributed by atoms with van der Waals surface area (Å²) in [5.74, 6) is -0.0477. The predicted molar refractivity (Wildman–Crippen MR) is 100 cm³/mol. The predicted octanol–water partition coefficient (Wildman–Crippen LogP) is 1.82. The molecule has 1 saturated heterocycles. The van der Waals surface area contributed by atoms with Gasteiger partial charge in [0.05, 0.1) is 23.9 Å². The van der Waals surface area contributed by atoms with E-state index in [4.69, 9.17) is 23.8 Å². The van der Waals surface area contributed by atoms with Gasteiger partial charge in [0.2, 0.25) is 5.91 Å². The highest BCUT2D eigenvalue weighted by molar-refractivity contribution is 7.71. The quantitative estimate of drug-likeness (QED) is 0.802. The molecule has 0 unspecified atom stereocenters. The smallest absolute Gasteiger partial charge is 0.238 e. The van der Waals surface area contributed by atoms with Crippen LogP contribution in [0.5, 0.6) is 0 Å². The van der Waals surface area contributed by atoms with Gasteiger partial charge in [-0.2, -0.15) is 5.10 Å². The molecule has 1 aliphatic heterocycles. The standard InChI is InChI=1S/C16H21ClN6OS/c1-20-11-18-23(16(20)25)12-22-8-6-21(7-9-22)10-15(24)19-14-5-3-2-4-13(14)17/h2-5,11H,6-10,12H2,1H3,(H,19,24). The largest absolute Gasteiger partial charge is 0.324 e. The molecule has 0 atom stereocenters. The first-order valence-corrected chi connectivity index (χ1v) is 8.89. The maximum absolute atomic E-state index is 12.2. The molecule has 7 nitrogen and oxygen atoms in total. The van der Waals surface area contributed by atoms with Crippen LogP contribution < -0.4 is 5.32 Å². The fourth-order valence-corrected chi connectivity index (χ4v) is 3.09. The number of rotatable bonds is 5. The summed E-state index contributed by atoms with van der Waals surface area (Å²) < 4.78 is 4.35. The van der Waals surface area contributed by atoms with Gasteiger partial charge in [0.15, 0.2) is 4.77 Å². The number of benzene rings is 1. The maximum Gasteiger partial charge on any atom is 0.238 e. The van der Waals surface area contributed by atoms with Gasteiger partial charge in [0.25, 0.3) is 0 Å². The number of amides is 1. The zero-order valence-corrected chi connectivity index (χ0v) is 15.6. The molecule has 2 heterocycles. The van der Waals surface area contributed by atoms with Gasteiger partial charge >= 0.3 is 0 Å². The fourth-order valence-electron chi connectivity index (χ4n) is 2.75. The van der Waals surface area contributed by atoms with E-state index in [-0.39, 0.29) is 5.91 Å². The van der Waals surface area contributed by atoms with E-state index in [9.17, 15) is 4.79 Å². The first-order chi connectivity index (χ1) is 12.0. The summed E-state index contributed by atoms with van der Waals surface area (Å²) in [4.78, 5) is 16.6. The number of nitrogens with zero attached hydrogens (tertiary/aromatic N) is 5. The summed E-state index contributed by atoms with van der Waals surface area (Å²) in [5, 5.41) is 7.69. The number of halogens is 1. The lowest BCUT2D eigenvalue weighted by Crippen LogP contribution is -2.49. The Kier molecular flexibility index (Phi) is 5.85. The third-order valence-electron chi connectivity index (χ3n) is 4.20. The molecule has 1 aromatic heterocycles. The summed E-state index contributed by atoms with van der Waals surface area (Å²) in [6, 6.07) is 7.25. The Balaban J connectivity index is 1.46. The Labute approximate surface area is 156 Å². The highest BCUT2D eigenvalue weighted by atomic mass is 35.5. The summed E-state index contributed by atoms with van der Waals surface area (Å²) in [5.41, 5.74) is 0.650. The van der Waals surface area contributed by atoms with Crippen molar-refractivity contribution < 1.29 is 4.79 Å². The molecular weight excluding hydrogens is 360 g/mol. The summed E-state index contributed by atoms with van der Waals surface area (Å²) in [7, 11) is 1.89. The second-order valence-corrected chi connectivity index (χ2v) is 6.86. The number of aromatic nitrogens is 3. The first kappa shape index (κ1) is 18.1. The highest BCUT2D eigenvalue weighted by Crippen LogP contribution is 2.20. The molecule has 0 saturated carbocycles. The second-order valence-electron chi connectivity index (χ2n) is 6.09. The van der Waals surface area contributed by atoms with E-state index in [1.807, 2.05) is 28.4 Å². The van der Waals surface area contributed by atoms with E-state index in [2.05, 4.69) is 20.2 Å². The molecule has 134 valence electrons. The normalized spacial score (nSPS) is 16.1. The molecule has 1 N–H and O–H groups in total. The van der Waals surface area contributed by atoms with Gasteiger partial charge in [0.1, 0.15) is 6.33 Å². The van der Waals surface area contributed by atoms with Crippen LogP contribution >= 0.6 is 23.8 Å². The summed E-state index contributed by atoms with van der Waals surface area (Å²) in [6.45, 7) is 4.45. The van der Waals surface area contributed by atoms with Gasteiger partial charge in [-0.1, -0.05) is 23.7 Å². The number of piperazine rings is 1. The molecule has 0 radical (unpaired) electrons. The molecule has 9 heteroatoms. The van der Waals surface area contributed by atoms with Crippen LogP contribution in [0.1, 0.15) is 0 Å². The highest BCUT2D eigenvalue weighted by Gasteiger charge is 2.20. The average Bonchev–Trinajstić information content (AvgIpc) is 2.91. The molecule has 0 bridgehead atoms. The molecule has 1 fully saturated rings. The minimum absolute atomic E-state index is 0.0477. The van der Waals surface area contributed by atoms with Crippen molar-refractivity contribution in [3.05, 3.63) is 40.4 Å². The number of aryl methyl sites for hydroxylation is 1. The van der Waals surface area contributed by atoms with Crippen LogP contribution in [0.25, 0.3) is 0 Å². The lowest BCUT2D eigenvalue weighted by atomic mass is 10.3. The Hall–Kier alpha value is -1.74. The van der Waals surface area contributed by atoms with Gasteiger partial charge in [-0.05, 0) is 24.4 Å². The Morgan fingerprint density at radius 2 is 1.92 bits per heavy atom. The van der Waals surface area contributed by atoms with Crippen LogP contribution in [0.2, 0.25) is 5.02 Å². The lowest BCUT2D eigenvalue weighted by Gasteiger charge is -2.33. The van der Waals surface area contributed by atoms with Gasteiger partial charge in [0, 0.05) is 33.2 Å². The number of carbonyl (C=O) groups excluding carboxylic acids is 1. The van der Waals surface area contributed by atoms with E-state index in [1.54, 1.807) is 18.5 Å². The van der Waals surface area contributed by atoms with Crippen LogP contribution in [-0.4, -0.2) is 62.8 Å². The van der Waals surface area contributed by atoms with Crippen molar-refractivity contribution in [3.63, 3.8) is 0 Å². The molecule has 0 aliphatic carbocycles. The first-order valence-electron chi connectivity index (χ1n) is 8.10. The molecular formula is C16H21ClN6OS. The van der Waals surface area contributed by atoms with E-state index in [0.717, 1.165) is 26.2 Å². The average molecular weight is 381 g/mol. The fraction of sp³-hybridized carbons (Fsp3) is 0.438. The Bertz CT molecular complexity index is 796. The molecule has 2 aromatic rings. The van der Waals surface area contributed by atoms with E-state index in [1.165, 1.54) is 0 Å². The number of para-hydroxylation sites is 1. The topological polar surface area (TPSA) is 58.3 Å². The third-order valence-corrected chi connectivity index (χ3v) is 5.03. The molecule has 1 aromatic carbocycles. The van der Waals surface area contributed by atoms with Crippen LogP contribution in [0, 0.1) is 4.77 Å². The number of anilines is 1. The third kappa shape index (κ3) is 4.66. The van der Waals surface area contributed by atoms with Crippen molar-refractivity contribution >= 4 is 35.4 Å². The van der Waals surface area contributed by atoms with Crippen molar-refractivity contribution in [2.45, 2.75) is 6.67 Å². The second kappa shape index (κ2) is 8.09. The van der Waals surface area contributed by atoms with Crippen LogP contribution in [0.3, 0.4) is 0 Å². The van der Waals surface area contributed by atoms with Crippen LogP contribution in [0.15, 0.2) is 30.6 Å². The minimum Gasteiger partial charge on any atom is -0.324 e. The van der Waals surface area contributed by atoms with Crippen LogP contribution in [-0.2, 0) is 18.5 Å². The number of hydrogen-bond acceptors (Lipinski definition) is 5. The number of hydrogen-bond donors (Lipinski definition) is 1.